The Hall–Kier alpha value is -3.94. The largest absolute Gasteiger partial charge is 0.481 e. The van der Waals surface area contributed by atoms with Crippen molar-refractivity contribution in [1.82, 2.24) is 20.6 Å². The van der Waals surface area contributed by atoms with E-state index in [4.69, 9.17) is 0 Å². The van der Waals surface area contributed by atoms with Gasteiger partial charge in [0, 0.05) is 52.2 Å². The van der Waals surface area contributed by atoms with Gasteiger partial charge in [-0.15, -0.1) is 0 Å². The Morgan fingerprint density at radius 1 is 0.805 bits per heavy atom. The minimum atomic E-state index is -0.843. The second-order valence-electron chi connectivity index (χ2n) is 12.4. The maximum absolute atomic E-state index is 11.5. The molecule has 3 aliphatic heterocycles. The van der Waals surface area contributed by atoms with Crippen LogP contribution in [0.5, 0.6) is 0 Å². The Kier molecular flexibility index (Phi) is 6.87. The first-order valence-corrected chi connectivity index (χ1v) is 14.4. The fourth-order valence-corrected chi connectivity index (χ4v) is 6.99. The lowest BCUT2D eigenvalue weighted by atomic mass is 9.68. The highest BCUT2D eigenvalue weighted by Gasteiger charge is 2.55. The topological polar surface area (TPSA) is 130 Å². The molecular weight excluding hydrogens is 516 g/mol. The number of hydrogen-bond acceptors (Lipinski definition) is 4. The van der Waals surface area contributed by atoms with Crippen LogP contribution in [0, 0.1) is 19.8 Å². The van der Waals surface area contributed by atoms with Crippen molar-refractivity contribution in [3.8, 4) is 0 Å². The van der Waals surface area contributed by atoms with E-state index >= 15 is 0 Å². The van der Waals surface area contributed by atoms with Gasteiger partial charge in [0.2, 0.25) is 0 Å². The van der Waals surface area contributed by atoms with E-state index in [-0.39, 0.29) is 29.8 Å². The molecule has 0 radical (unpaired) electrons. The molecule has 0 saturated carbocycles. The standard InChI is InChI=1S/C33H42N4O4/c1-16-20(5)32(7)33(8)21(6)17(2)27(37-33)14-25-19(4)23(10-12-31(40)41)29(35-25)15-28-22(9-11-30(38)39)18(3)24(34-28)13-26(16)36-32/h13-15,20,34-37H,9-12H2,1-8H3,(H,38,39)(H,40,41)/b24-13-,27-14-,28-15-/t20?,32-,33-/m1/s1. The smallest absolute Gasteiger partial charge is 0.303 e. The lowest BCUT2D eigenvalue weighted by molar-refractivity contribution is -0.138. The molecule has 3 atom stereocenters. The minimum Gasteiger partial charge on any atom is -0.481 e. The normalized spacial score (nSPS) is 28.0. The molecule has 3 aliphatic rings. The van der Waals surface area contributed by atoms with Gasteiger partial charge in [0.25, 0.3) is 0 Å². The Morgan fingerprint density at radius 2 is 1.44 bits per heavy atom. The number of fused-ring (bicyclic) bond motifs is 9. The van der Waals surface area contributed by atoms with Crippen LogP contribution in [-0.2, 0) is 22.4 Å². The molecule has 5 rings (SSSR count). The summed E-state index contributed by atoms with van der Waals surface area (Å²) in [6.45, 7) is 17.5. The van der Waals surface area contributed by atoms with E-state index in [0.717, 1.165) is 55.7 Å². The SMILES string of the molecule is CC1=C(C)[C@@]2(C)N/C1=C\c1[nH]c(c(CCC(=O)O)c1C)/C=c1\[nH]/c(c(C)c1CCC(=O)O)=C\C1=C(C)C(C)[C@@]2(C)N1. The van der Waals surface area contributed by atoms with E-state index in [1.807, 2.05) is 19.9 Å². The highest BCUT2D eigenvalue weighted by Crippen LogP contribution is 2.48. The van der Waals surface area contributed by atoms with Gasteiger partial charge in [0.1, 0.15) is 0 Å². The molecule has 0 aromatic carbocycles. The lowest BCUT2D eigenvalue weighted by Gasteiger charge is -2.47. The zero-order chi connectivity index (χ0) is 30.0. The maximum Gasteiger partial charge on any atom is 0.303 e. The van der Waals surface area contributed by atoms with Crippen molar-refractivity contribution in [2.24, 2.45) is 5.92 Å². The van der Waals surface area contributed by atoms with E-state index in [1.54, 1.807) is 0 Å². The Morgan fingerprint density at radius 3 is 2.07 bits per heavy atom. The summed E-state index contributed by atoms with van der Waals surface area (Å²) >= 11 is 0. The first kappa shape index (κ1) is 28.6. The van der Waals surface area contributed by atoms with Crippen LogP contribution in [0.15, 0.2) is 28.1 Å². The number of carboxylic acids is 2. The van der Waals surface area contributed by atoms with Gasteiger partial charge < -0.3 is 30.8 Å². The van der Waals surface area contributed by atoms with E-state index in [9.17, 15) is 19.8 Å². The second-order valence-corrected chi connectivity index (χ2v) is 12.4. The summed E-state index contributed by atoms with van der Waals surface area (Å²) in [4.78, 5) is 30.3. The van der Waals surface area contributed by atoms with Crippen molar-refractivity contribution in [1.29, 1.82) is 0 Å². The van der Waals surface area contributed by atoms with Gasteiger partial charge in [0.15, 0.2) is 0 Å². The molecule has 8 nitrogen and oxygen atoms in total. The molecular formula is C33H42N4O4. The number of aromatic amines is 2. The molecule has 0 spiro atoms. The maximum atomic E-state index is 11.5. The quantitative estimate of drug-likeness (QED) is 0.319. The van der Waals surface area contributed by atoms with Crippen LogP contribution in [0.2, 0.25) is 0 Å². The van der Waals surface area contributed by atoms with E-state index in [1.165, 1.54) is 16.7 Å². The molecule has 218 valence electrons. The predicted molar refractivity (Wildman–Crippen MR) is 162 cm³/mol. The fraction of sp³-hybridized carbons (Fsp3) is 0.455. The van der Waals surface area contributed by atoms with Gasteiger partial charge in [-0.1, -0.05) is 6.92 Å². The number of carbonyl (C=O) groups is 2. The third-order valence-corrected chi connectivity index (χ3v) is 10.4. The van der Waals surface area contributed by atoms with Crippen molar-refractivity contribution in [3.05, 3.63) is 72.5 Å². The summed E-state index contributed by atoms with van der Waals surface area (Å²) in [6, 6.07) is 0. The first-order chi connectivity index (χ1) is 19.2. The molecule has 0 aliphatic carbocycles. The van der Waals surface area contributed by atoms with Crippen LogP contribution in [0.4, 0.5) is 0 Å². The monoisotopic (exact) mass is 558 g/mol. The van der Waals surface area contributed by atoms with Crippen LogP contribution >= 0.6 is 0 Å². The van der Waals surface area contributed by atoms with Gasteiger partial charge in [-0.3, -0.25) is 9.59 Å². The molecule has 8 bridgehead atoms. The van der Waals surface area contributed by atoms with Gasteiger partial charge in [-0.2, -0.15) is 0 Å². The molecule has 5 heterocycles. The van der Waals surface area contributed by atoms with Gasteiger partial charge >= 0.3 is 11.9 Å². The summed E-state index contributed by atoms with van der Waals surface area (Å²) < 4.78 is 0. The van der Waals surface area contributed by atoms with Crippen molar-refractivity contribution < 1.29 is 19.8 Å². The zero-order valence-electron chi connectivity index (χ0n) is 25.3. The molecule has 41 heavy (non-hydrogen) atoms. The minimum absolute atomic E-state index is 0.0217. The van der Waals surface area contributed by atoms with Crippen LogP contribution in [0.25, 0.3) is 18.2 Å². The fourth-order valence-electron chi connectivity index (χ4n) is 6.99. The van der Waals surface area contributed by atoms with Crippen LogP contribution in [-0.4, -0.2) is 43.2 Å². The van der Waals surface area contributed by atoms with E-state index in [2.05, 4.69) is 74.3 Å². The number of nitrogens with one attached hydrogen (secondary N) is 4. The van der Waals surface area contributed by atoms with Crippen molar-refractivity contribution in [3.63, 3.8) is 0 Å². The molecule has 0 saturated heterocycles. The van der Waals surface area contributed by atoms with Crippen LogP contribution in [0.3, 0.4) is 0 Å². The summed E-state index contributed by atoms with van der Waals surface area (Å²) in [5, 5.41) is 28.5. The van der Waals surface area contributed by atoms with Crippen molar-refractivity contribution in [2.75, 3.05) is 0 Å². The number of H-pyrrole nitrogens is 2. The molecule has 2 aromatic rings. The molecule has 1 unspecified atom stereocenters. The number of carboxylic acid groups (broad SMARTS) is 2. The van der Waals surface area contributed by atoms with Crippen molar-refractivity contribution >= 4 is 30.2 Å². The third kappa shape index (κ3) is 4.44. The van der Waals surface area contributed by atoms with Gasteiger partial charge in [0.05, 0.1) is 11.1 Å². The van der Waals surface area contributed by atoms with Gasteiger partial charge in [-0.05, 0) is 119 Å². The van der Waals surface area contributed by atoms with Crippen LogP contribution in [0.1, 0.15) is 88.0 Å². The summed E-state index contributed by atoms with van der Waals surface area (Å²) in [7, 11) is 0. The van der Waals surface area contributed by atoms with E-state index < -0.39 is 11.9 Å². The number of rotatable bonds is 6. The Balaban J connectivity index is 1.84. The number of allylic oxidation sites excluding steroid dienone is 2. The number of aliphatic carboxylic acids is 2. The molecule has 6 N–H and O–H groups in total. The molecule has 2 aromatic heterocycles. The average molecular weight is 559 g/mol. The summed E-state index contributed by atoms with van der Waals surface area (Å²) in [5.74, 6) is -1.45. The average Bonchev–Trinajstić information content (AvgIpc) is 3.51. The number of aromatic nitrogens is 2. The van der Waals surface area contributed by atoms with Crippen LogP contribution < -0.4 is 21.3 Å². The summed E-state index contributed by atoms with van der Waals surface area (Å²) in [6.07, 6.45) is 7.15. The highest BCUT2D eigenvalue weighted by atomic mass is 16.4. The lowest BCUT2D eigenvalue weighted by Crippen LogP contribution is -2.65. The van der Waals surface area contributed by atoms with E-state index in [0.29, 0.717) is 12.8 Å². The zero-order valence-corrected chi connectivity index (χ0v) is 25.3. The highest BCUT2D eigenvalue weighted by molar-refractivity contribution is 5.71. The molecule has 0 amide bonds. The second kappa shape index (κ2) is 9.86. The van der Waals surface area contributed by atoms with Gasteiger partial charge in [-0.25, -0.2) is 0 Å². The summed E-state index contributed by atoms with van der Waals surface area (Å²) in [5.41, 5.74) is 10.9. The Bertz CT molecular complexity index is 1700. The Labute approximate surface area is 241 Å². The molecule has 0 fully saturated rings. The first-order valence-electron chi connectivity index (χ1n) is 14.4. The third-order valence-electron chi connectivity index (χ3n) is 10.4. The number of hydrogen-bond donors (Lipinski definition) is 6. The molecule has 8 heteroatoms. The van der Waals surface area contributed by atoms with Crippen molar-refractivity contribution in [2.45, 2.75) is 92.2 Å². The predicted octanol–water partition coefficient (Wildman–Crippen LogP) is 3.93.